The van der Waals surface area contributed by atoms with Gasteiger partial charge in [0.15, 0.2) is 5.44 Å². The highest BCUT2D eigenvalue weighted by molar-refractivity contribution is 7.99. The van der Waals surface area contributed by atoms with Crippen molar-refractivity contribution in [1.29, 1.82) is 0 Å². The summed E-state index contributed by atoms with van der Waals surface area (Å²) in [7, 11) is 1.63. The summed E-state index contributed by atoms with van der Waals surface area (Å²) in [5.41, 5.74) is 1.29. The average molecular weight is 272 g/mol. The van der Waals surface area contributed by atoms with Gasteiger partial charge in [-0.05, 0) is 24.3 Å². The molecule has 0 unspecified atom stereocenters. The van der Waals surface area contributed by atoms with Gasteiger partial charge in [0.05, 0.1) is 12.7 Å². The fraction of sp³-hybridized carbons (Fsp3) is 0.133. The quantitative estimate of drug-likeness (QED) is 0.782. The van der Waals surface area contributed by atoms with Crippen molar-refractivity contribution in [2.45, 2.75) is 10.3 Å². The van der Waals surface area contributed by atoms with E-state index in [9.17, 15) is 4.79 Å². The van der Waals surface area contributed by atoms with Crippen molar-refractivity contribution in [2.75, 3.05) is 7.11 Å². The lowest BCUT2D eigenvalue weighted by molar-refractivity contribution is 0.0440. The zero-order chi connectivity index (χ0) is 13.2. The van der Waals surface area contributed by atoms with E-state index < -0.39 is 0 Å². The molecule has 0 saturated carbocycles. The number of esters is 1. The Morgan fingerprint density at radius 3 is 2.58 bits per heavy atom. The molecule has 3 rings (SSSR count). The first kappa shape index (κ1) is 12.1. The van der Waals surface area contributed by atoms with Gasteiger partial charge < -0.3 is 9.47 Å². The highest BCUT2D eigenvalue weighted by Crippen LogP contribution is 2.42. The van der Waals surface area contributed by atoms with E-state index in [1.54, 1.807) is 24.9 Å². The summed E-state index contributed by atoms with van der Waals surface area (Å²) < 4.78 is 10.6. The van der Waals surface area contributed by atoms with Crippen LogP contribution in [-0.2, 0) is 4.74 Å². The van der Waals surface area contributed by atoms with Gasteiger partial charge in [0.25, 0.3) is 0 Å². The van der Waals surface area contributed by atoms with E-state index >= 15 is 0 Å². The standard InChI is InChI=1S/C15H12O3S/c1-17-11-8-6-10(7-9-11)15-18-14(16)12-4-2-3-5-13(12)19-15/h2-9,15H,1H3/t15-/m0/s1. The van der Waals surface area contributed by atoms with Gasteiger partial charge in [0, 0.05) is 10.5 Å². The molecule has 0 bridgehead atoms. The van der Waals surface area contributed by atoms with Gasteiger partial charge in [-0.1, -0.05) is 36.0 Å². The van der Waals surface area contributed by atoms with Crippen LogP contribution in [0.15, 0.2) is 53.4 Å². The van der Waals surface area contributed by atoms with Crippen molar-refractivity contribution in [3.63, 3.8) is 0 Å². The third-order valence-electron chi connectivity index (χ3n) is 2.94. The fourth-order valence-electron chi connectivity index (χ4n) is 1.94. The van der Waals surface area contributed by atoms with Gasteiger partial charge in [0.1, 0.15) is 5.75 Å². The molecule has 1 aliphatic rings. The summed E-state index contributed by atoms with van der Waals surface area (Å²) in [5.74, 6) is 0.520. The Balaban J connectivity index is 1.90. The minimum atomic E-state index is -0.298. The van der Waals surface area contributed by atoms with Gasteiger partial charge in [-0.25, -0.2) is 4.79 Å². The maximum atomic E-state index is 11.9. The van der Waals surface area contributed by atoms with Gasteiger partial charge >= 0.3 is 5.97 Å². The second kappa shape index (κ2) is 4.97. The second-order valence-corrected chi connectivity index (χ2v) is 5.23. The predicted molar refractivity (Wildman–Crippen MR) is 73.4 cm³/mol. The van der Waals surface area contributed by atoms with E-state index in [-0.39, 0.29) is 11.4 Å². The summed E-state index contributed by atoms with van der Waals surface area (Å²) in [6.45, 7) is 0. The van der Waals surface area contributed by atoms with E-state index in [0.717, 1.165) is 16.2 Å². The minimum absolute atomic E-state index is 0.268. The Bertz CT molecular complexity index is 607. The van der Waals surface area contributed by atoms with Gasteiger partial charge in [-0.15, -0.1) is 0 Å². The van der Waals surface area contributed by atoms with Gasteiger partial charge in [0.2, 0.25) is 0 Å². The molecule has 0 amide bonds. The van der Waals surface area contributed by atoms with Crippen molar-refractivity contribution < 1.29 is 14.3 Å². The number of cyclic esters (lactones) is 1. The van der Waals surface area contributed by atoms with Crippen LogP contribution in [0.4, 0.5) is 0 Å². The maximum absolute atomic E-state index is 11.9. The van der Waals surface area contributed by atoms with E-state index in [0.29, 0.717) is 5.56 Å². The summed E-state index contributed by atoms with van der Waals surface area (Å²) >= 11 is 1.54. The first-order valence-electron chi connectivity index (χ1n) is 5.88. The highest BCUT2D eigenvalue weighted by Gasteiger charge is 2.27. The number of hydrogen-bond donors (Lipinski definition) is 0. The molecule has 2 aromatic carbocycles. The lowest BCUT2D eigenvalue weighted by atomic mass is 10.2. The number of hydrogen-bond acceptors (Lipinski definition) is 4. The molecular weight excluding hydrogens is 260 g/mol. The van der Waals surface area contributed by atoms with Crippen molar-refractivity contribution in [3.8, 4) is 5.75 Å². The maximum Gasteiger partial charge on any atom is 0.340 e. The third-order valence-corrected chi connectivity index (χ3v) is 4.14. The fourth-order valence-corrected chi connectivity index (χ4v) is 3.03. The zero-order valence-corrected chi connectivity index (χ0v) is 11.1. The van der Waals surface area contributed by atoms with Crippen LogP contribution in [0, 0.1) is 0 Å². The van der Waals surface area contributed by atoms with Crippen molar-refractivity contribution in [3.05, 3.63) is 59.7 Å². The monoisotopic (exact) mass is 272 g/mol. The lowest BCUT2D eigenvalue weighted by Gasteiger charge is -2.24. The first-order chi connectivity index (χ1) is 9.28. The van der Waals surface area contributed by atoms with Crippen molar-refractivity contribution >= 4 is 17.7 Å². The molecule has 1 heterocycles. The Morgan fingerprint density at radius 1 is 1.11 bits per heavy atom. The smallest absolute Gasteiger partial charge is 0.340 e. The molecule has 96 valence electrons. The summed E-state index contributed by atoms with van der Waals surface area (Å²) in [6.07, 6.45) is 0. The van der Waals surface area contributed by atoms with Crippen LogP contribution in [0.2, 0.25) is 0 Å². The van der Waals surface area contributed by atoms with Crippen molar-refractivity contribution in [1.82, 2.24) is 0 Å². The first-order valence-corrected chi connectivity index (χ1v) is 6.76. The summed E-state index contributed by atoms with van der Waals surface area (Å²) in [6, 6.07) is 15.1. The lowest BCUT2D eigenvalue weighted by Crippen LogP contribution is -2.15. The summed E-state index contributed by atoms with van der Waals surface area (Å²) in [4.78, 5) is 12.9. The molecule has 1 aliphatic heterocycles. The van der Waals surface area contributed by atoms with E-state index in [2.05, 4.69) is 0 Å². The molecule has 0 aromatic heterocycles. The molecule has 3 nitrogen and oxygen atoms in total. The van der Waals surface area contributed by atoms with E-state index in [4.69, 9.17) is 9.47 Å². The van der Waals surface area contributed by atoms with Gasteiger partial charge in [-0.3, -0.25) is 0 Å². The summed E-state index contributed by atoms with van der Waals surface area (Å²) in [5, 5.41) is 0. The van der Waals surface area contributed by atoms with Crippen LogP contribution >= 0.6 is 11.8 Å². The molecular formula is C15H12O3S. The van der Waals surface area contributed by atoms with Crippen LogP contribution in [0.1, 0.15) is 21.4 Å². The molecule has 0 aliphatic carbocycles. The number of thioether (sulfide) groups is 1. The average Bonchev–Trinajstić information content (AvgIpc) is 2.47. The second-order valence-electron chi connectivity index (χ2n) is 4.12. The largest absolute Gasteiger partial charge is 0.497 e. The molecule has 2 aromatic rings. The third kappa shape index (κ3) is 2.31. The Morgan fingerprint density at radius 2 is 1.84 bits per heavy atom. The topological polar surface area (TPSA) is 35.5 Å². The Hall–Kier alpha value is -1.94. The number of fused-ring (bicyclic) bond motifs is 1. The van der Waals surface area contributed by atoms with Crippen LogP contribution in [0.25, 0.3) is 0 Å². The minimum Gasteiger partial charge on any atom is -0.497 e. The SMILES string of the molecule is COc1ccc([C@H]2OC(=O)c3ccccc3S2)cc1. The number of ether oxygens (including phenoxy) is 2. The van der Waals surface area contributed by atoms with E-state index in [1.807, 2.05) is 42.5 Å². The highest BCUT2D eigenvalue weighted by atomic mass is 32.2. The molecule has 0 N–H and O–H groups in total. The van der Waals surface area contributed by atoms with Crippen molar-refractivity contribution in [2.24, 2.45) is 0 Å². The molecule has 0 radical (unpaired) electrons. The molecule has 0 fully saturated rings. The molecule has 1 atom stereocenters. The van der Waals surface area contributed by atoms with Crippen LogP contribution in [-0.4, -0.2) is 13.1 Å². The molecule has 0 saturated heterocycles. The molecule has 19 heavy (non-hydrogen) atoms. The van der Waals surface area contributed by atoms with Crippen LogP contribution in [0.3, 0.4) is 0 Å². The van der Waals surface area contributed by atoms with Crippen LogP contribution < -0.4 is 4.74 Å². The predicted octanol–water partition coefficient (Wildman–Crippen LogP) is 3.66. The number of carbonyl (C=O) groups excluding carboxylic acids is 1. The molecule has 4 heteroatoms. The Kier molecular flexibility index (Phi) is 3.17. The number of benzene rings is 2. The number of methoxy groups -OCH3 is 1. The van der Waals surface area contributed by atoms with Gasteiger partial charge in [-0.2, -0.15) is 0 Å². The molecule has 0 spiro atoms. The van der Waals surface area contributed by atoms with Crippen LogP contribution in [0.5, 0.6) is 5.75 Å². The van der Waals surface area contributed by atoms with E-state index in [1.165, 1.54) is 0 Å². The number of rotatable bonds is 2. The zero-order valence-electron chi connectivity index (χ0n) is 10.3. The Labute approximate surface area is 115 Å². The number of carbonyl (C=O) groups is 1. The normalized spacial score (nSPS) is 17.5.